The second-order valence-corrected chi connectivity index (χ2v) is 4.82. The number of rotatable bonds is 5. The van der Waals surface area contributed by atoms with Crippen LogP contribution in [0.3, 0.4) is 0 Å². The van der Waals surface area contributed by atoms with E-state index in [2.05, 4.69) is 0 Å². The molecule has 1 aromatic carbocycles. The van der Waals surface area contributed by atoms with Crippen LogP contribution in [-0.2, 0) is 14.3 Å². The normalized spacial score (nSPS) is 15.1. The molecule has 6 heteroatoms. The highest BCUT2D eigenvalue weighted by Crippen LogP contribution is 2.34. The Morgan fingerprint density at radius 3 is 2.71 bits per heavy atom. The summed E-state index contributed by atoms with van der Waals surface area (Å²) in [5.74, 6) is -3.03. The Labute approximate surface area is 121 Å². The number of nitrogens with zero attached hydrogens (tertiary/aromatic N) is 1. The Hall–Kier alpha value is -2.24. The zero-order valence-electron chi connectivity index (χ0n) is 11.9. The SMILES string of the molecule is CCCCC(C(=O)OC)N1C(=O)C(=O)c2cccc(F)c21. The fraction of sp³-hybridized carbons (Fsp3) is 0.400. The molecule has 0 aliphatic carbocycles. The number of halogens is 1. The fourth-order valence-corrected chi connectivity index (χ4v) is 2.45. The van der Waals surface area contributed by atoms with Crippen molar-refractivity contribution in [1.82, 2.24) is 0 Å². The highest BCUT2D eigenvalue weighted by atomic mass is 19.1. The molecule has 0 saturated heterocycles. The fourth-order valence-electron chi connectivity index (χ4n) is 2.45. The third kappa shape index (κ3) is 2.53. The van der Waals surface area contributed by atoms with E-state index >= 15 is 0 Å². The number of ether oxygens (including phenoxy) is 1. The van der Waals surface area contributed by atoms with E-state index in [1.807, 2.05) is 6.92 Å². The first-order valence-electron chi connectivity index (χ1n) is 6.77. The van der Waals surface area contributed by atoms with Crippen LogP contribution in [0.2, 0.25) is 0 Å². The molecule has 5 nitrogen and oxygen atoms in total. The van der Waals surface area contributed by atoms with E-state index in [1.54, 1.807) is 0 Å². The quantitative estimate of drug-likeness (QED) is 0.616. The molecule has 1 unspecified atom stereocenters. The standard InChI is InChI=1S/C15H16FNO4/c1-3-4-8-11(15(20)21-2)17-12-9(13(18)14(17)19)6-5-7-10(12)16/h5-7,11H,3-4,8H2,1-2H3. The highest BCUT2D eigenvalue weighted by Gasteiger charge is 2.44. The van der Waals surface area contributed by atoms with Crippen LogP contribution in [0, 0.1) is 5.82 Å². The van der Waals surface area contributed by atoms with E-state index in [9.17, 15) is 18.8 Å². The van der Waals surface area contributed by atoms with Crippen LogP contribution in [0.4, 0.5) is 10.1 Å². The molecule has 0 aromatic heterocycles. The number of anilines is 1. The number of esters is 1. The number of carbonyl (C=O) groups excluding carboxylic acids is 3. The lowest BCUT2D eigenvalue weighted by Gasteiger charge is -2.25. The summed E-state index contributed by atoms with van der Waals surface area (Å²) in [6, 6.07) is 2.92. The summed E-state index contributed by atoms with van der Waals surface area (Å²) in [4.78, 5) is 36.9. The van der Waals surface area contributed by atoms with Gasteiger partial charge in [0.1, 0.15) is 11.9 Å². The maximum atomic E-state index is 14.0. The third-order valence-corrected chi connectivity index (χ3v) is 3.50. The molecule has 1 aromatic rings. The van der Waals surface area contributed by atoms with Gasteiger partial charge in [-0.2, -0.15) is 0 Å². The first kappa shape index (κ1) is 15.2. The average Bonchev–Trinajstić information content (AvgIpc) is 2.74. The second-order valence-electron chi connectivity index (χ2n) is 4.82. The second kappa shape index (κ2) is 6.03. The lowest BCUT2D eigenvalue weighted by atomic mass is 10.1. The average molecular weight is 293 g/mol. The van der Waals surface area contributed by atoms with E-state index in [4.69, 9.17) is 4.74 Å². The summed E-state index contributed by atoms with van der Waals surface area (Å²) in [7, 11) is 1.20. The zero-order valence-corrected chi connectivity index (χ0v) is 11.9. The summed E-state index contributed by atoms with van der Waals surface area (Å²) >= 11 is 0. The van der Waals surface area contributed by atoms with Crippen molar-refractivity contribution in [3.63, 3.8) is 0 Å². The van der Waals surface area contributed by atoms with Crippen LogP contribution in [0.25, 0.3) is 0 Å². The predicted octanol–water partition coefficient (Wildman–Crippen LogP) is 2.09. The van der Waals surface area contributed by atoms with Crippen LogP contribution < -0.4 is 4.90 Å². The van der Waals surface area contributed by atoms with E-state index in [0.29, 0.717) is 12.8 Å². The van der Waals surface area contributed by atoms with Gasteiger partial charge < -0.3 is 4.74 Å². The first-order chi connectivity index (χ1) is 10.0. The molecule has 1 atom stereocenters. The lowest BCUT2D eigenvalue weighted by molar-refractivity contribution is -0.143. The maximum absolute atomic E-state index is 14.0. The number of Topliss-reactive ketones (excluding diaryl/α,β-unsaturated/α-hetero) is 1. The smallest absolute Gasteiger partial charge is 0.328 e. The van der Waals surface area contributed by atoms with Crippen LogP contribution in [-0.4, -0.2) is 30.8 Å². The van der Waals surface area contributed by atoms with Gasteiger partial charge in [0.25, 0.3) is 11.7 Å². The Kier molecular flexibility index (Phi) is 4.35. The molecule has 1 aliphatic heterocycles. The summed E-state index contributed by atoms with van der Waals surface area (Å²) < 4.78 is 18.7. The summed E-state index contributed by atoms with van der Waals surface area (Å²) in [5.41, 5.74) is -0.135. The van der Waals surface area contributed by atoms with Crippen molar-refractivity contribution in [2.45, 2.75) is 32.2 Å². The van der Waals surface area contributed by atoms with Crippen LogP contribution in [0.15, 0.2) is 18.2 Å². The lowest BCUT2D eigenvalue weighted by Crippen LogP contribution is -2.45. The van der Waals surface area contributed by atoms with Crippen molar-refractivity contribution in [1.29, 1.82) is 0 Å². The number of carbonyl (C=O) groups is 3. The van der Waals surface area contributed by atoms with Gasteiger partial charge in [-0.3, -0.25) is 14.5 Å². The zero-order chi connectivity index (χ0) is 15.6. The third-order valence-electron chi connectivity index (χ3n) is 3.50. The van der Waals surface area contributed by atoms with Gasteiger partial charge in [-0.05, 0) is 18.6 Å². The minimum Gasteiger partial charge on any atom is -0.467 e. The molecule has 1 heterocycles. The topological polar surface area (TPSA) is 63.7 Å². The molecule has 0 N–H and O–H groups in total. The van der Waals surface area contributed by atoms with Gasteiger partial charge in [0.15, 0.2) is 0 Å². The maximum Gasteiger partial charge on any atom is 0.328 e. The van der Waals surface area contributed by atoms with Crippen molar-refractivity contribution in [2.75, 3.05) is 12.0 Å². The minimum absolute atomic E-state index is 0.00889. The molecule has 0 radical (unpaired) electrons. The van der Waals surface area contributed by atoms with E-state index < -0.39 is 29.5 Å². The largest absolute Gasteiger partial charge is 0.467 e. The Balaban J connectivity index is 2.48. The number of methoxy groups -OCH3 is 1. The van der Waals surface area contributed by atoms with Gasteiger partial charge >= 0.3 is 5.97 Å². The summed E-state index contributed by atoms with van der Waals surface area (Å²) in [6.45, 7) is 1.93. The van der Waals surface area contributed by atoms with Gasteiger partial charge in [0.2, 0.25) is 0 Å². The first-order valence-corrected chi connectivity index (χ1v) is 6.77. The van der Waals surface area contributed by atoms with Crippen molar-refractivity contribution in [3.05, 3.63) is 29.6 Å². The molecule has 0 fully saturated rings. The molecule has 0 saturated carbocycles. The Bertz CT molecular complexity index is 599. The van der Waals surface area contributed by atoms with Crippen LogP contribution in [0.5, 0.6) is 0 Å². The van der Waals surface area contributed by atoms with Crippen molar-refractivity contribution < 1.29 is 23.5 Å². The molecular formula is C15H16FNO4. The number of hydrogen-bond donors (Lipinski definition) is 0. The van der Waals surface area contributed by atoms with Gasteiger partial charge in [-0.25, -0.2) is 9.18 Å². The molecule has 21 heavy (non-hydrogen) atoms. The van der Waals surface area contributed by atoms with E-state index in [1.165, 1.54) is 19.2 Å². The number of unbranched alkanes of at least 4 members (excludes halogenated alkanes) is 1. The molecule has 0 spiro atoms. The number of amides is 1. The van der Waals surface area contributed by atoms with Gasteiger partial charge in [-0.1, -0.05) is 25.8 Å². The summed E-state index contributed by atoms with van der Waals surface area (Å²) in [5, 5.41) is 0. The minimum atomic E-state index is -0.982. The van der Waals surface area contributed by atoms with Crippen LogP contribution in [0.1, 0.15) is 36.5 Å². The highest BCUT2D eigenvalue weighted by molar-refractivity contribution is 6.52. The van der Waals surface area contributed by atoms with Crippen molar-refractivity contribution in [3.8, 4) is 0 Å². The van der Waals surface area contributed by atoms with Crippen LogP contribution >= 0.6 is 0 Å². The van der Waals surface area contributed by atoms with Gasteiger partial charge in [0.05, 0.1) is 18.4 Å². The number of para-hydroxylation sites is 1. The van der Waals surface area contributed by atoms with E-state index in [-0.39, 0.29) is 11.3 Å². The number of benzene rings is 1. The van der Waals surface area contributed by atoms with E-state index in [0.717, 1.165) is 17.4 Å². The Morgan fingerprint density at radius 1 is 1.38 bits per heavy atom. The molecule has 112 valence electrons. The molecular weight excluding hydrogens is 277 g/mol. The molecule has 0 bridgehead atoms. The molecule has 1 aliphatic rings. The molecule has 1 amide bonds. The molecule has 2 rings (SSSR count). The number of hydrogen-bond acceptors (Lipinski definition) is 4. The van der Waals surface area contributed by atoms with Crippen molar-refractivity contribution >= 4 is 23.3 Å². The predicted molar refractivity (Wildman–Crippen MR) is 73.5 cm³/mol. The Morgan fingerprint density at radius 2 is 2.10 bits per heavy atom. The van der Waals surface area contributed by atoms with Crippen molar-refractivity contribution in [2.24, 2.45) is 0 Å². The van der Waals surface area contributed by atoms with Gasteiger partial charge in [-0.15, -0.1) is 0 Å². The van der Waals surface area contributed by atoms with Gasteiger partial charge in [0, 0.05) is 0 Å². The number of fused-ring (bicyclic) bond motifs is 1. The monoisotopic (exact) mass is 293 g/mol. The number of ketones is 1. The summed E-state index contributed by atoms with van der Waals surface area (Å²) in [6.07, 6.45) is 1.77.